The standard InChI is InChI=1S/C10H8ClNO4S/c1-16-10(13)7-4-2-3-6-8(17(11,14)15)5-12-9(6)7/h2-5,12H,1H3. The van der Waals surface area contributed by atoms with E-state index < -0.39 is 15.0 Å². The summed E-state index contributed by atoms with van der Waals surface area (Å²) in [6.07, 6.45) is 1.25. The van der Waals surface area contributed by atoms with E-state index in [-0.39, 0.29) is 10.5 Å². The fourth-order valence-corrected chi connectivity index (χ4v) is 2.63. The van der Waals surface area contributed by atoms with E-state index in [1.54, 1.807) is 12.1 Å². The van der Waals surface area contributed by atoms with Gasteiger partial charge < -0.3 is 9.72 Å². The van der Waals surface area contributed by atoms with Crippen molar-refractivity contribution >= 4 is 36.6 Å². The molecule has 0 saturated heterocycles. The number of nitrogens with one attached hydrogen (secondary N) is 1. The Balaban J connectivity index is 2.78. The number of ether oxygens (including phenoxy) is 1. The Kier molecular flexibility index (Phi) is 2.84. The number of aromatic amines is 1. The van der Waals surface area contributed by atoms with Crippen LogP contribution in [0.5, 0.6) is 0 Å². The number of hydrogen-bond acceptors (Lipinski definition) is 4. The SMILES string of the molecule is COC(=O)c1cccc2c(S(=O)(=O)Cl)c[nH]c12. The summed E-state index contributed by atoms with van der Waals surface area (Å²) < 4.78 is 27.2. The molecule has 1 N–H and O–H groups in total. The smallest absolute Gasteiger partial charge is 0.339 e. The Morgan fingerprint density at radius 1 is 1.41 bits per heavy atom. The van der Waals surface area contributed by atoms with Crippen LogP contribution in [0.3, 0.4) is 0 Å². The second-order valence-electron chi connectivity index (χ2n) is 3.31. The highest BCUT2D eigenvalue weighted by Crippen LogP contribution is 2.27. The lowest BCUT2D eigenvalue weighted by Crippen LogP contribution is -2.01. The van der Waals surface area contributed by atoms with Gasteiger partial charge in [-0.2, -0.15) is 0 Å². The predicted octanol–water partition coefficient (Wildman–Crippen LogP) is 1.88. The fraction of sp³-hybridized carbons (Fsp3) is 0.100. The number of H-pyrrole nitrogens is 1. The van der Waals surface area contributed by atoms with Crippen molar-refractivity contribution in [1.29, 1.82) is 0 Å². The first-order valence-electron chi connectivity index (χ1n) is 4.58. The summed E-state index contributed by atoms with van der Waals surface area (Å²) in [7, 11) is 2.69. The molecule has 0 radical (unpaired) electrons. The Morgan fingerprint density at radius 3 is 2.71 bits per heavy atom. The number of para-hydroxylation sites is 1. The van der Waals surface area contributed by atoms with E-state index in [1.807, 2.05) is 0 Å². The lowest BCUT2D eigenvalue weighted by Gasteiger charge is -2.00. The number of halogens is 1. The van der Waals surface area contributed by atoms with Gasteiger partial charge in [-0.1, -0.05) is 12.1 Å². The number of benzene rings is 1. The van der Waals surface area contributed by atoms with Crippen molar-refractivity contribution in [2.24, 2.45) is 0 Å². The number of hydrogen-bond donors (Lipinski definition) is 1. The van der Waals surface area contributed by atoms with Gasteiger partial charge in [-0.25, -0.2) is 13.2 Å². The fourth-order valence-electron chi connectivity index (χ4n) is 1.61. The molecule has 1 aromatic carbocycles. The predicted molar refractivity (Wildman–Crippen MR) is 62.7 cm³/mol. The molecule has 7 heteroatoms. The molecular weight excluding hydrogens is 266 g/mol. The summed E-state index contributed by atoms with van der Waals surface area (Å²) >= 11 is 0. The molecule has 0 aliphatic rings. The quantitative estimate of drug-likeness (QED) is 0.669. The highest BCUT2D eigenvalue weighted by Gasteiger charge is 2.19. The van der Waals surface area contributed by atoms with Crippen LogP contribution in [0.1, 0.15) is 10.4 Å². The Labute approximate surface area is 102 Å². The van der Waals surface area contributed by atoms with Crippen LogP contribution < -0.4 is 0 Å². The third-order valence-corrected chi connectivity index (χ3v) is 3.71. The maximum absolute atomic E-state index is 11.5. The van der Waals surface area contributed by atoms with E-state index >= 15 is 0 Å². The van der Waals surface area contributed by atoms with E-state index in [9.17, 15) is 13.2 Å². The van der Waals surface area contributed by atoms with Crippen LogP contribution >= 0.6 is 10.7 Å². The molecule has 0 saturated carbocycles. The van der Waals surface area contributed by atoms with Gasteiger partial charge in [0, 0.05) is 22.3 Å². The number of carbonyl (C=O) groups is 1. The first kappa shape index (κ1) is 11.9. The molecule has 0 fully saturated rings. The number of fused-ring (bicyclic) bond motifs is 1. The van der Waals surface area contributed by atoms with Crippen molar-refractivity contribution in [3.63, 3.8) is 0 Å². The summed E-state index contributed by atoms with van der Waals surface area (Å²) in [5.74, 6) is -0.545. The van der Waals surface area contributed by atoms with Crippen LogP contribution in [0.4, 0.5) is 0 Å². The van der Waals surface area contributed by atoms with Crippen molar-refractivity contribution in [2.45, 2.75) is 4.90 Å². The van der Waals surface area contributed by atoms with Crippen molar-refractivity contribution in [1.82, 2.24) is 4.98 Å². The molecule has 90 valence electrons. The minimum absolute atomic E-state index is 0.0556. The Bertz CT molecular complexity index is 689. The van der Waals surface area contributed by atoms with Gasteiger partial charge in [-0.15, -0.1) is 0 Å². The van der Waals surface area contributed by atoms with Crippen LogP contribution in [0, 0.1) is 0 Å². The largest absolute Gasteiger partial charge is 0.465 e. The monoisotopic (exact) mass is 273 g/mol. The molecule has 17 heavy (non-hydrogen) atoms. The van der Waals surface area contributed by atoms with Crippen LogP contribution in [0.25, 0.3) is 10.9 Å². The van der Waals surface area contributed by atoms with Gasteiger partial charge in [-0.05, 0) is 6.07 Å². The highest BCUT2D eigenvalue weighted by molar-refractivity contribution is 8.14. The third kappa shape index (κ3) is 2.01. The zero-order valence-corrected chi connectivity index (χ0v) is 10.3. The summed E-state index contributed by atoms with van der Waals surface area (Å²) in [6, 6.07) is 4.66. The zero-order chi connectivity index (χ0) is 12.6. The Morgan fingerprint density at radius 2 is 2.12 bits per heavy atom. The number of aromatic nitrogens is 1. The van der Waals surface area contributed by atoms with Crippen molar-refractivity contribution < 1.29 is 17.9 Å². The van der Waals surface area contributed by atoms with E-state index in [4.69, 9.17) is 10.7 Å². The van der Waals surface area contributed by atoms with Gasteiger partial charge in [-0.3, -0.25) is 0 Å². The van der Waals surface area contributed by atoms with Crippen LogP contribution in [-0.4, -0.2) is 26.5 Å². The maximum Gasteiger partial charge on any atom is 0.339 e. The minimum atomic E-state index is -3.85. The molecule has 1 heterocycles. The second-order valence-corrected chi connectivity index (χ2v) is 5.84. The summed E-state index contributed by atoms with van der Waals surface area (Å²) in [6.45, 7) is 0. The first-order chi connectivity index (χ1) is 7.95. The van der Waals surface area contributed by atoms with E-state index in [2.05, 4.69) is 9.72 Å². The van der Waals surface area contributed by atoms with Gasteiger partial charge >= 0.3 is 5.97 Å². The number of esters is 1. The molecule has 0 bridgehead atoms. The van der Waals surface area contributed by atoms with Gasteiger partial charge in [0.1, 0.15) is 4.90 Å². The van der Waals surface area contributed by atoms with Crippen LogP contribution in [0.15, 0.2) is 29.3 Å². The van der Waals surface area contributed by atoms with Crippen LogP contribution in [-0.2, 0) is 13.8 Å². The molecule has 5 nitrogen and oxygen atoms in total. The van der Waals surface area contributed by atoms with Gasteiger partial charge in [0.15, 0.2) is 0 Å². The van der Waals surface area contributed by atoms with E-state index in [0.717, 1.165) is 0 Å². The topological polar surface area (TPSA) is 76.2 Å². The molecule has 2 aromatic rings. The van der Waals surface area contributed by atoms with Crippen LogP contribution in [0.2, 0.25) is 0 Å². The summed E-state index contributed by atoms with van der Waals surface area (Å²) in [5.41, 5.74) is 0.648. The molecule has 0 atom stereocenters. The Hall–Kier alpha value is -1.53. The molecular formula is C10H8ClNO4S. The molecule has 2 rings (SSSR count). The second kappa shape index (κ2) is 4.05. The van der Waals surface area contributed by atoms with Crippen molar-refractivity contribution in [3.8, 4) is 0 Å². The molecule has 0 aliphatic carbocycles. The number of carbonyl (C=O) groups excluding carboxylic acids is 1. The lowest BCUT2D eigenvalue weighted by molar-refractivity contribution is 0.0603. The molecule has 0 spiro atoms. The number of rotatable bonds is 2. The maximum atomic E-state index is 11.5. The molecule has 0 amide bonds. The van der Waals surface area contributed by atoms with Gasteiger partial charge in [0.05, 0.1) is 18.2 Å². The molecule has 0 unspecified atom stereocenters. The average Bonchev–Trinajstić information content (AvgIpc) is 2.70. The van der Waals surface area contributed by atoms with E-state index in [1.165, 1.54) is 19.4 Å². The average molecular weight is 274 g/mol. The number of methoxy groups -OCH3 is 1. The van der Waals surface area contributed by atoms with Crippen molar-refractivity contribution in [3.05, 3.63) is 30.0 Å². The molecule has 1 aromatic heterocycles. The minimum Gasteiger partial charge on any atom is -0.465 e. The normalized spacial score (nSPS) is 11.6. The zero-order valence-electron chi connectivity index (χ0n) is 8.73. The summed E-state index contributed by atoms with van der Waals surface area (Å²) in [5, 5.41) is 0.364. The third-order valence-electron chi connectivity index (χ3n) is 2.35. The van der Waals surface area contributed by atoms with Gasteiger partial charge in [0.2, 0.25) is 0 Å². The van der Waals surface area contributed by atoms with Crippen molar-refractivity contribution in [2.75, 3.05) is 7.11 Å². The van der Waals surface area contributed by atoms with E-state index in [0.29, 0.717) is 10.9 Å². The lowest BCUT2D eigenvalue weighted by atomic mass is 10.1. The van der Waals surface area contributed by atoms with Gasteiger partial charge in [0.25, 0.3) is 9.05 Å². The molecule has 0 aliphatic heterocycles. The highest BCUT2D eigenvalue weighted by atomic mass is 35.7. The summed E-state index contributed by atoms with van der Waals surface area (Å²) in [4.78, 5) is 14.1. The first-order valence-corrected chi connectivity index (χ1v) is 6.89.